The molecule has 3 nitrogen and oxygen atoms in total. The Balaban J connectivity index is 1.56. The highest BCUT2D eigenvalue weighted by Crippen LogP contribution is 2.34. The number of benzene rings is 4. The first-order valence-corrected chi connectivity index (χ1v) is 10.1. The summed E-state index contributed by atoms with van der Waals surface area (Å²) >= 11 is 0. The van der Waals surface area contributed by atoms with Gasteiger partial charge in [0.2, 0.25) is 0 Å². The Morgan fingerprint density at radius 2 is 1.03 bits per heavy atom. The van der Waals surface area contributed by atoms with E-state index in [0.29, 0.717) is 5.56 Å². The van der Waals surface area contributed by atoms with Gasteiger partial charge in [0.05, 0.1) is 12.7 Å². The topological polar surface area (TPSA) is 29.5 Å². The van der Waals surface area contributed by atoms with Crippen LogP contribution in [0.2, 0.25) is 0 Å². The van der Waals surface area contributed by atoms with Crippen LogP contribution in [0.25, 0.3) is 12.2 Å². The molecule has 0 aliphatic heterocycles. The lowest BCUT2D eigenvalue weighted by atomic mass is 10.1. The number of nitrogens with zero attached hydrogens (tertiary/aromatic N) is 1. The average molecular weight is 405 g/mol. The lowest BCUT2D eigenvalue weighted by Gasteiger charge is -2.25. The predicted molar refractivity (Wildman–Crippen MR) is 128 cm³/mol. The second-order valence-electron chi connectivity index (χ2n) is 7.04. The van der Waals surface area contributed by atoms with Crippen LogP contribution in [0, 0.1) is 0 Å². The SMILES string of the molecule is COC(=O)c1ccc(/C=C/c2ccc(N(c3ccccc3)c3ccccc3)cc2)cc1. The zero-order chi connectivity index (χ0) is 21.5. The number of esters is 1. The van der Waals surface area contributed by atoms with Gasteiger partial charge in [-0.3, -0.25) is 0 Å². The second-order valence-corrected chi connectivity index (χ2v) is 7.04. The average Bonchev–Trinajstić information content (AvgIpc) is 2.85. The van der Waals surface area contributed by atoms with Crippen molar-refractivity contribution in [1.82, 2.24) is 0 Å². The minimum Gasteiger partial charge on any atom is -0.465 e. The summed E-state index contributed by atoms with van der Waals surface area (Å²) in [6, 6.07) is 36.5. The number of hydrogen-bond donors (Lipinski definition) is 0. The van der Waals surface area contributed by atoms with Gasteiger partial charge in [-0.1, -0.05) is 72.8 Å². The van der Waals surface area contributed by atoms with Crippen LogP contribution in [0.3, 0.4) is 0 Å². The van der Waals surface area contributed by atoms with E-state index in [2.05, 4.69) is 59.5 Å². The smallest absolute Gasteiger partial charge is 0.337 e. The summed E-state index contributed by atoms with van der Waals surface area (Å²) in [7, 11) is 1.39. The van der Waals surface area contributed by atoms with E-state index in [4.69, 9.17) is 4.74 Å². The van der Waals surface area contributed by atoms with Crippen LogP contribution in [-0.2, 0) is 4.74 Å². The third-order valence-corrected chi connectivity index (χ3v) is 4.98. The molecule has 0 saturated carbocycles. The van der Waals surface area contributed by atoms with Crippen LogP contribution < -0.4 is 4.90 Å². The molecule has 4 rings (SSSR count). The number of methoxy groups -OCH3 is 1. The molecule has 0 heterocycles. The molecule has 0 amide bonds. The maximum absolute atomic E-state index is 11.6. The van der Waals surface area contributed by atoms with Crippen molar-refractivity contribution in [3.63, 3.8) is 0 Å². The number of ether oxygens (including phenoxy) is 1. The minimum absolute atomic E-state index is 0.326. The molecule has 4 aromatic carbocycles. The molecule has 152 valence electrons. The van der Waals surface area contributed by atoms with Crippen molar-refractivity contribution in [2.24, 2.45) is 0 Å². The van der Waals surface area contributed by atoms with Gasteiger partial charge in [-0.05, 0) is 59.7 Å². The number of hydrogen-bond acceptors (Lipinski definition) is 3. The summed E-state index contributed by atoms with van der Waals surface area (Å²) in [5, 5.41) is 0. The van der Waals surface area contributed by atoms with Crippen LogP contribution >= 0.6 is 0 Å². The van der Waals surface area contributed by atoms with Gasteiger partial charge in [0.15, 0.2) is 0 Å². The molecule has 31 heavy (non-hydrogen) atoms. The summed E-state index contributed by atoms with van der Waals surface area (Å²) in [4.78, 5) is 13.8. The molecular weight excluding hydrogens is 382 g/mol. The van der Waals surface area contributed by atoms with E-state index < -0.39 is 0 Å². The molecular formula is C28H23NO2. The molecule has 0 fully saturated rings. The number of carbonyl (C=O) groups excluding carboxylic acids is 1. The van der Waals surface area contributed by atoms with E-state index in [0.717, 1.165) is 28.2 Å². The minimum atomic E-state index is -0.326. The lowest BCUT2D eigenvalue weighted by Crippen LogP contribution is -2.09. The summed E-state index contributed by atoms with van der Waals surface area (Å²) in [5.74, 6) is -0.326. The normalized spacial score (nSPS) is 10.7. The van der Waals surface area contributed by atoms with E-state index >= 15 is 0 Å². The molecule has 3 heteroatoms. The number of carbonyl (C=O) groups is 1. The van der Waals surface area contributed by atoms with E-state index in [1.54, 1.807) is 12.1 Å². The van der Waals surface area contributed by atoms with Crippen molar-refractivity contribution in [2.45, 2.75) is 0 Å². The highest BCUT2D eigenvalue weighted by molar-refractivity contribution is 5.89. The monoisotopic (exact) mass is 405 g/mol. The summed E-state index contributed by atoms with van der Waals surface area (Å²) in [6.45, 7) is 0. The molecule has 0 unspecified atom stereocenters. The summed E-state index contributed by atoms with van der Waals surface area (Å²) in [6.07, 6.45) is 4.09. The van der Waals surface area contributed by atoms with Gasteiger partial charge in [-0.25, -0.2) is 4.79 Å². The third-order valence-electron chi connectivity index (χ3n) is 4.98. The molecule has 0 radical (unpaired) electrons. The fourth-order valence-corrected chi connectivity index (χ4v) is 3.38. The van der Waals surface area contributed by atoms with Crippen LogP contribution in [0.1, 0.15) is 21.5 Å². The zero-order valence-corrected chi connectivity index (χ0v) is 17.3. The van der Waals surface area contributed by atoms with Crippen molar-refractivity contribution in [2.75, 3.05) is 12.0 Å². The number of anilines is 3. The highest BCUT2D eigenvalue weighted by atomic mass is 16.5. The van der Waals surface area contributed by atoms with Gasteiger partial charge < -0.3 is 9.64 Å². The molecule has 0 spiro atoms. The van der Waals surface area contributed by atoms with Gasteiger partial charge >= 0.3 is 5.97 Å². The fourth-order valence-electron chi connectivity index (χ4n) is 3.38. The molecule has 0 saturated heterocycles. The van der Waals surface area contributed by atoms with E-state index in [1.807, 2.05) is 54.6 Å². The molecule has 0 atom stereocenters. The first-order chi connectivity index (χ1) is 15.2. The van der Waals surface area contributed by atoms with Crippen molar-refractivity contribution >= 4 is 35.2 Å². The molecule has 0 N–H and O–H groups in total. The second kappa shape index (κ2) is 9.59. The van der Waals surface area contributed by atoms with Crippen LogP contribution in [0.4, 0.5) is 17.1 Å². The van der Waals surface area contributed by atoms with E-state index in [-0.39, 0.29) is 5.97 Å². The number of rotatable bonds is 6. The third kappa shape index (κ3) is 4.90. The van der Waals surface area contributed by atoms with Gasteiger partial charge in [0, 0.05) is 17.1 Å². The first kappa shape index (κ1) is 20.2. The van der Waals surface area contributed by atoms with Crippen molar-refractivity contribution in [1.29, 1.82) is 0 Å². The Kier molecular flexibility index (Phi) is 6.24. The predicted octanol–water partition coefficient (Wildman–Crippen LogP) is 7.11. The lowest BCUT2D eigenvalue weighted by molar-refractivity contribution is 0.0600. The van der Waals surface area contributed by atoms with Crippen LogP contribution in [0.15, 0.2) is 109 Å². The summed E-state index contributed by atoms with van der Waals surface area (Å²) < 4.78 is 4.74. The molecule has 0 aliphatic rings. The maximum atomic E-state index is 11.6. The summed E-state index contributed by atoms with van der Waals surface area (Å²) in [5.41, 5.74) is 5.99. The largest absolute Gasteiger partial charge is 0.465 e. The Morgan fingerprint density at radius 1 is 0.613 bits per heavy atom. The van der Waals surface area contributed by atoms with Gasteiger partial charge in [-0.2, -0.15) is 0 Å². The standard InChI is InChI=1S/C28H23NO2/c1-31-28(30)24-18-14-22(15-19-24)12-13-23-16-20-27(21-17-23)29(25-8-4-2-5-9-25)26-10-6-3-7-11-26/h2-21H,1H3/b13-12+. The Morgan fingerprint density at radius 3 is 1.48 bits per heavy atom. The van der Waals surface area contributed by atoms with Crippen LogP contribution in [0.5, 0.6) is 0 Å². The molecule has 0 aliphatic carbocycles. The fraction of sp³-hybridized carbons (Fsp3) is 0.0357. The van der Waals surface area contributed by atoms with Gasteiger partial charge in [0.1, 0.15) is 0 Å². The van der Waals surface area contributed by atoms with Gasteiger partial charge in [-0.15, -0.1) is 0 Å². The van der Waals surface area contributed by atoms with Crippen molar-refractivity contribution < 1.29 is 9.53 Å². The zero-order valence-electron chi connectivity index (χ0n) is 17.3. The molecule has 4 aromatic rings. The first-order valence-electron chi connectivity index (χ1n) is 10.1. The Hall–Kier alpha value is -4.11. The van der Waals surface area contributed by atoms with Crippen molar-refractivity contribution in [3.05, 3.63) is 126 Å². The molecule has 0 aromatic heterocycles. The molecule has 0 bridgehead atoms. The van der Waals surface area contributed by atoms with E-state index in [1.165, 1.54) is 7.11 Å². The maximum Gasteiger partial charge on any atom is 0.337 e. The van der Waals surface area contributed by atoms with Crippen LogP contribution in [-0.4, -0.2) is 13.1 Å². The van der Waals surface area contributed by atoms with Crippen molar-refractivity contribution in [3.8, 4) is 0 Å². The Bertz CT molecular complexity index is 1110. The van der Waals surface area contributed by atoms with E-state index in [9.17, 15) is 4.79 Å². The highest BCUT2D eigenvalue weighted by Gasteiger charge is 2.11. The Labute approximate surface area is 182 Å². The quantitative estimate of drug-likeness (QED) is 0.253. The van der Waals surface area contributed by atoms with Gasteiger partial charge in [0.25, 0.3) is 0 Å². The number of para-hydroxylation sites is 2.